The highest BCUT2D eigenvalue weighted by Crippen LogP contribution is 2.37. The molecule has 34 heavy (non-hydrogen) atoms. The van der Waals surface area contributed by atoms with Crippen LogP contribution in [-0.4, -0.2) is 32.8 Å². The Morgan fingerprint density at radius 2 is 1.56 bits per heavy atom. The number of hydrogen-bond acceptors (Lipinski definition) is 3. The predicted octanol–water partition coefficient (Wildman–Crippen LogP) is 5.87. The number of likely N-dealkylation sites (N-methyl/N-ethyl adjacent to an activating group) is 1. The van der Waals surface area contributed by atoms with Crippen molar-refractivity contribution >= 4 is 44.8 Å². The minimum absolute atomic E-state index is 0.131. The molecule has 5 nitrogen and oxygen atoms in total. The van der Waals surface area contributed by atoms with E-state index < -0.39 is 39.9 Å². The summed E-state index contributed by atoms with van der Waals surface area (Å²) in [5.74, 6) is -0.650. The Morgan fingerprint density at radius 1 is 0.941 bits per heavy atom. The van der Waals surface area contributed by atoms with Crippen LogP contribution < -0.4 is 4.31 Å². The summed E-state index contributed by atoms with van der Waals surface area (Å²) in [6.07, 6.45) is -4.74. The molecule has 0 atom stereocenters. The second-order valence-corrected chi connectivity index (χ2v) is 10.1. The molecule has 0 bridgehead atoms. The number of rotatable bonds is 7. The van der Waals surface area contributed by atoms with E-state index in [9.17, 15) is 26.4 Å². The molecule has 0 saturated carbocycles. The van der Waals surface area contributed by atoms with E-state index in [2.05, 4.69) is 0 Å². The van der Waals surface area contributed by atoms with Gasteiger partial charge in [-0.05, 0) is 48.0 Å². The Bertz CT molecular complexity index is 1270. The third-order valence-corrected chi connectivity index (χ3v) is 7.26. The summed E-state index contributed by atoms with van der Waals surface area (Å²) in [6, 6.07) is 16.1. The average Bonchev–Trinajstić information content (AvgIpc) is 2.79. The van der Waals surface area contributed by atoms with Crippen LogP contribution in [0, 0.1) is 0 Å². The van der Waals surface area contributed by atoms with Crippen molar-refractivity contribution in [2.24, 2.45) is 0 Å². The molecule has 0 N–H and O–H groups in total. The van der Waals surface area contributed by atoms with Crippen molar-refractivity contribution in [2.45, 2.75) is 17.6 Å². The fourth-order valence-electron chi connectivity index (χ4n) is 3.09. The molecule has 3 aromatic carbocycles. The normalized spacial score (nSPS) is 11.8. The summed E-state index contributed by atoms with van der Waals surface area (Å²) >= 11 is 12.0. The van der Waals surface area contributed by atoms with E-state index in [4.69, 9.17) is 23.2 Å². The number of benzene rings is 3. The van der Waals surface area contributed by atoms with E-state index in [0.717, 1.165) is 17.7 Å². The monoisotopic (exact) mass is 530 g/mol. The van der Waals surface area contributed by atoms with Crippen LogP contribution in [0.4, 0.5) is 18.9 Å². The summed E-state index contributed by atoms with van der Waals surface area (Å²) < 4.78 is 67.4. The summed E-state index contributed by atoms with van der Waals surface area (Å²) in [6.45, 7) is -0.631. The van der Waals surface area contributed by atoms with E-state index in [-0.39, 0.29) is 16.5 Å². The van der Waals surface area contributed by atoms with Crippen molar-refractivity contribution in [1.82, 2.24) is 4.90 Å². The summed E-state index contributed by atoms with van der Waals surface area (Å²) in [7, 11) is -2.97. The molecule has 3 aromatic rings. The molecule has 0 aromatic heterocycles. The quantitative estimate of drug-likeness (QED) is 0.384. The maximum atomic E-state index is 13.4. The van der Waals surface area contributed by atoms with Crippen molar-refractivity contribution < 1.29 is 26.4 Å². The van der Waals surface area contributed by atoms with Gasteiger partial charge in [-0.15, -0.1) is 0 Å². The highest BCUT2D eigenvalue weighted by atomic mass is 35.5. The number of carbonyl (C=O) groups is 1. The Kier molecular flexibility index (Phi) is 7.80. The van der Waals surface area contributed by atoms with Crippen molar-refractivity contribution in [3.63, 3.8) is 0 Å². The lowest BCUT2D eigenvalue weighted by molar-refractivity contribution is -0.137. The van der Waals surface area contributed by atoms with Crippen molar-refractivity contribution in [1.29, 1.82) is 0 Å². The number of alkyl halides is 3. The van der Waals surface area contributed by atoms with E-state index in [0.29, 0.717) is 15.4 Å². The van der Waals surface area contributed by atoms with E-state index in [1.54, 1.807) is 30.3 Å². The van der Waals surface area contributed by atoms with Gasteiger partial charge in [0.05, 0.1) is 21.2 Å². The Morgan fingerprint density at radius 3 is 2.15 bits per heavy atom. The van der Waals surface area contributed by atoms with Gasteiger partial charge in [-0.2, -0.15) is 13.2 Å². The first-order chi connectivity index (χ1) is 15.9. The number of nitrogens with zero attached hydrogens (tertiary/aromatic N) is 2. The standard InChI is InChI=1S/C23H19Cl2F3N2O3S/c1-29(14-16-7-10-18(24)11-8-16)22(31)15-30(34(32,33)19-5-3-2-4-6-19)21-13-17(23(26,27)28)9-12-20(21)25/h2-13H,14-15H2,1H3. The summed E-state index contributed by atoms with van der Waals surface area (Å²) in [5.41, 5.74) is -0.814. The molecule has 0 fully saturated rings. The van der Waals surface area contributed by atoms with Crippen molar-refractivity contribution in [3.8, 4) is 0 Å². The Hall–Kier alpha value is -2.75. The molecular weight excluding hydrogens is 512 g/mol. The molecule has 0 heterocycles. The first-order valence-electron chi connectivity index (χ1n) is 9.82. The molecule has 0 spiro atoms. The fourth-order valence-corrected chi connectivity index (χ4v) is 4.94. The fraction of sp³-hybridized carbons (Fsp3) is 0.174. The van der Waals surface area contributed by atoms with Gasteiger partial charge in [-0.1, -0.05) is 53.5 Å². The van der Waals surface area contributed by atoms with Crippen molar-refractivity contribution in [2.75, 3.05) is 17.9 Å². The molecule has 0 saturated heterocycles. The van der Waals surface area contributed by atoms with Gasteiger partial charge in [0.2, 0.25) is 5.91 Å². The SMILES string of the molecule is CN(Cc1ccc(Cl)cc1)C(=O)CN(c1cc(C(F)(F)F)ccc1Cl)S(=O)(=O)c1ccccc1. The van der Waals surface area contributed by atoms with Gasteiger partial charge in [-0.25, -0.2) is 8.42 Å². The zero-order valence-corrected chi connectivity index (χ0v) is 20.1. The van der Waals surface area contributed by atoms with Crippen LogP contribution in [0.3, 0.4) is 0 Å². The van der Waals surface area contributed by atoms with Gasteiger partial charge in [0.15, 0.2) is 0 Å². The van der Waals surface area contributed by atoms with Gasteiger partial charge in [-0.3, -0.25) is 9.10 Å². The molecule has 0 aliphatic rings. The molecule has 0 unspecified atom stereocenters. The lowest BCUT2D eigenvalue weighted by Gasteiger charge is -2.28. The maximum Gasteiger partial charge on any atom is 0.416 e. The van der Waals surface area contributed by atoms with E-state index in [1.165, 1.54) is 36.2 Å². The van der Waals surface area contributed by atoms with E-state index >= 15 is 0 Å². The molecule has 1 amide bonds. The second-order valence-electron chi connectivity index (χ2n) is 7.36. The van der Waals surface area contributed by atoms with E-state index in [1.807, 2.05) is 0 Å². The van der Waals surface area contributed by atoms with Crippen LogP contribution >= 0.6 is 23.2 Å². The Balaban J connectivity index is 2.01. The second kappa shape index (κ2) is 10.2. The third kappa shape index (κ3) is 6.02. The lowest BCUT2D eigenvalue weighted by atomic mass is 10.2. The van der Waals surface area contributed by atoms with Gasteiger partial charge in [0, 0.05) is 18.6 Å². The van der Waals surface area contributed by atoms with Gasteiger partial charge < -0.3 is 4.90 Å². The number of sulfonamides is 1. The molecular formula is C23H19Cl2F3N2O3S. The molecule has 3 rings (SSSR count). The topological polar surface area (TPSA) is 57.7 Å². The Labute approximate surface area is 205 Å². The maximum absolute atomic E-state index is 13.4. The van der Waals surface area contributed by atoms with Crippen LogP contribution in [0.1, 0.15) is 11.1 Å². The smallest absolute Gasteiger partial charge is 0.340 e. The number of carbonyl (C=O) groups excluding carboxylic acids is 1. The summed E-state index contributed by atoms with van der Waals surface area (Å²) in [5, 5.41) is 0.262. The van der Waals surface area contributed by atoms with Gasteiger partial charge in [0.25, 0.3) is 10.0 Å². The molecule has 0 aliphatic carbocycles. The molecule has 0 aliphatic heterocycles. The van der Waals surface area contributed by atoms with Crippen molar-refractivity contribution in [3.05, 3.63) is 94.0 Å². The molecule has 180 valence electrons. The number of amides is 1. The minimum atomic E-state index is -4.74. The summed E-state index contributed by atoms with van der Waals surface area (Å²) in [4.78, 5) is 14.1. The van der Waals surface area contributed by atoms with Crippen LogP contribution in [0.25, 0.3) is 0 Å². The van der Waals surface area contributed by atoms with Crippen LogP contribution in [0.2, 0.25) is 10.0 Å². The highest BCUT2D eigenvalue weighted by Gasteiger charge is 2.34. The first-order valence-corrected chi connectivity index (χ1v) is 12.0. The van der Waals surface area contributed by atoms with Crippen LogP contribution in [0.5, 0.6) is 0 Å². The first kappa shape index (κ1) is 25.9. The number of halogens is 5. The zero-order chi connectivity index (χ0) is 25.1. The van der Waals surface area contributed by atoms with Crippen LogP contribution in [0.15, 0.2) is 77.7 Å². The zero-order valence-electron chi connectivity index (χ0n) is 17.8. The van der Waals surface area contributed by atoms with Gasteiger partial charge >= 0.3 is 6.18 Å². The molecule has 11 heteroatoms. The number of anilines is 1. The average molecular weight is 531 g/mol. The predicted molar refractivity (Wildman–Crippen MR) is 125 cm³/mol. The largest absolute Gasteiger partial charge is 0.416 e. The number of hydrogen-bond donors (Lipinski definition) is 0. The third-order valence-electron chi connectivity index (χ3n) is 4.91. The minimum Gasteiger partial charge on any atom is -0.340 e. The highest BCUT2D eigenvalue weighted by molar-refractivity contribution is 7.92. The van der Waals surface area contributed by atoms with Gasteiger partial charge in [0.1, 0.15) is 6.54 Å². The molecule has 0 radical (unpaired) electrons. The van der Waals surface area contributed by atoms with Crippen LogP contribution in [-0.2, 0) is 27.5 Å². The lowest BCUT2D eigenvalue weighted by Crippen LogP contribution is -2.41.